The Morgan fingerprint density at radius 2 is 1.86 bits per heavy atom. The summed E-state index contributed by atoms with van der Waals surface area (Å²) in [7, 11) is 0. The normalized spacial score (nSPS) is 21.4. The van der Waals surface area contributed by atoms with Crippen LogP contribution in [0.15, 0.2) is 47.3 Å². The first-order valence-corrected chi connectivity index (χ1v) is 12.3. The zero-order valence-electron chi connectivity index (χ0n) is 20.0. The van der Waals surface area contributed by atoms with Crippen LogP contribution in [0.2, 0.25) is 0 Å². The number of likely N-dealkylation sites (tertiary alicyclic amines) is 1. The molecule has 2 aliphatic heterocycles. The van der Waals surface area contributed by atoms with Gasteiger partial charge in [0.1, 0.15) is 0 Å². The maximum Gasteiger partial charge on any atom is 0.252 e. The Bertz CT molecular complexity index is 1440. The molecule has 36 heavy (non-hydrogen) atoms. The molecule has 0 spiro atoms. The largest absolute Gasteiger partial charge is 0.378 e. The highest BCUT2D eigenvalue weighted by atomic mass is 19.2. The van der Waals surface area contributed by atoms with E-state index in [-0.39, 0.29) is 40.8 Å². The zero-order valence-corrected chi connectivity index (χ0v) is 20.0. The number of aryl methyl sites for hydroxylation is 1. The van der Waals surface area contributed by atoms with E-state index >= 15 is 0 Å². The molecule has 2 aromatic carbocycles. The van der Waals surface area contributed by atoms with Gasteiger partial charge in [-0.15, -0.1) is 0 Å². The number of pyridine rings is 1. The van der Waals surface area contributed by atoms with E-state index in [0.29, 0.717) is 12.1 Å². The van der Waals surface area contributed by atoms with Gasteiger partial charge in [0.25, 0.3) is 5.56 Å². The van der Waals surface area contributed by atoms with E-state index in [9.17, 15) is 18.4 Å². The van der Waals surface area contributed by atoms with Crippen molar-refractivity contribution in [3.63, 3.8) is 0 Å². The molecule has 186 valence electrons. The molecule has 2 saturated heterocycles. The Balaban J connectivity index is 1.23. The van der Waals surface area contributed by atoms with E-state index < -0.39 is 17.2 Å². The third-order valence-electron chi connectivity index (χ3n) is 7.78. The average Bonchev–Trinajstić information content (AvgIpc) is 3.51. The van der Waals surface area contributed by atoms with Crippen molar-refractivity contribution in [3.05, 3.63) is 81.2 Å². The highest BCUT2D eigenvalue weighted by Gasteiger charge is 2.42. The molecule has 0 saturated carbocycles. The summed E-state index contributed by atoms with van der Waals surface area (Å²) < 4.78 is 33.8. The van der Waals surface area contributed by atoms with Crippen molar-refractivity contribution < 1.29 is 18.3 Å². The maximum atomic E-state index is 14.5. The van der Waals surface area contributed by atoms with Crippen molar-refractivity contribution in [1.82, 2.24) is 9.88 Å². The molecule has 6 rings (SSSR count). The van der Waals surface area contributed by atoms with E-state index in [2.05, 4.69) is 40.2 Å². The number of nitrogens with zero attached hydrogens (tertiary/aromatic N) is 2. The molecule has 0 radical (unpaired) electrons. The van der Waals surface area contributed by atoms with Crippen LogP contribution in [0.3, 0.4) is 0 Å². The van der Waals surface area contributed by atoms with Gasteiger partial charge in [-0.25, -0.2) is 8.78 Å². The molecule has 2 fully saturated rings. The van der Waals surface area contributed by atoms with Crippen molar-refractivity contribution >= 4 is 28.1 Å². The number of aromatic nitrogens is 1. The van der Waals surface area contributed by atoms with Crippen LogP contribution in [-0.2, 0) is 16.0 Å². The number of hydrogen-bond donors (Lipinski definition) is 1. The summed E-state index contributed by atoms with van der Waals surface area (Å²) in [6, 6.07) is 10.7. The number of amides is 1. The number of benzene rings is 2. The van der Waals surface area contributed by atoms with E-state index in [1.54, 1.807) is 6.92 Å². The van der Waals surface area contributed by atoms with Crippen LogP contribution in [0.25, 0.3) is 16.5 Å². The molecule has 3 heterocycles. The number of halogens is 2. The van der Waals surface area contributed by atoms with E-state index in [0.717, 1.165) is 55.6 Å². The molecule has 2 bridgehead atoms. The second-order valence-corrected chi connectivity index (χ2v) is 9.84. The van der Waals surface area contributed by atoms with Gasteiger partial charge in [0, 0.05) is 36.3 Å². The van der Waals surface area contributed by atoms with Gasteiger partial charge in [0.2, 0.25) is 5.91 Å². The van der Waals surface area contributed by atoms with Crippen LogP contribution in [0.1, 0.15) is 23.1 Å². The topological polar surface area (TPSA) is 65.6 Å². The summed E-state index contributed by atoms with van der Waals surface area (Å²) in [6.45, 7) is 5.38. The number of carbonyl (C=O) groups excluding carboxylic acids is 1. The summed E-state index contributed by atoms with van der Waals surface area (Å²) in [6.07, 6.45) is 2.96. The number of carbonyl (C=O) groups is 1. The van der Waals surface area contributed by atoms with Gasteiger partial charge in [-0.3, -0.25) is 9.59 Å². The second kappa shape index (κ2) is 8.85. The predicted molar refractivity (Wildman–Crippen MR) is 134 cm³/mol. The van der Waals surface area contributed by atoms with Crippen molar-refractivity contribution in [3.8, 4) is 0 Å². The van der Waals surface area contributed by atoms with Crippen molar-refractivity contribution in [2.24, 2.45) is 5.92 Å². The van der Waals surface area contributed by atoms with Crippen LogP contribution < -0.4 is 10.5 Å². The third kappa shape index (κ3) is 3.80. The third-order valence-corrected chi connectivity index (χ3v) is 7.78. The average molecular weight is 492 g/mol. The molecule has 1 aromatic heterocycles. The highest BCUT2D eigenvalue weighted by molar-refractivity contribution is 5.88. The molecular formula is C28H27F2N3O3. The van der Waals surface area contributed by atoms with Gasteiger partial charge in [-0.2, -0.15) is 0 Å². The van der Waals surface area contributed by atoms with Crippen molar-refractivity contribution in [2.75, 3.05) is 37.7 Å². The Hall–Kier alpha value is -3.52. The van der Waals surface area contributed by atoms with Crippen LogP contribution in [0.4, 0.5) is 14.5 Å². The van der Waals surface area contributed by atoms with Crippen LogP contribution >= 0.6 is 0 Å². The molecule has 2 atom stereocenters. The summed E-state index contributed by atoms with van der Waals surface area (Å²) >= 11 is 0. The minimum Gasteiger partial charge on any atom is -0.378 e. The molecule has 1 amide bonds. The van der Waals surface area contributed by atoms with Gasteiger partial charge in [-0.1, -0.05) is 18.2 Å². The molecule has 1 aliphatic carbocycles. The number of hydrogen-bond acceptors (Lipinski definition) is 4. The highest BCUT2D eigenvalue weighted by Crippen LogP contribution is 2.42. The Labute approximate surface area is 207 Å². The summed E-state index contributed by atoms with van der Waals surface area (Å²) in [5, 5.41) is 0.0151. The Kier molecular flexibility index (Phi) is 5.63. The number of morpholine rings is 1. The number of anilines is 1. The van der Waals surface area contributed by atoms with Crippen LogP contribution in [0, 0.1) is 24.5 Å². The lowest BCUT2D eigenvalue weighted by Gasteiger charge is -2.30. The SMILES string of the molecule is Cc1c(CC(=O)N2C[C@@H]3C=C(c4ccc(N5CCOCC5)cc4)[C@H]2C3)c(=O)[nH]c2ccc(F)c(F)c12. The van der Waals surface area contributed by atoms with Crippen LogP contribution in [-0.4, -0.2) is 54.7 Å². The zero-order chi connectivity index (χ0) is 25.0. The Morgan fingerprint density at radius 1 is 1.11 bits per heavy atom. The molecular weight excluding hydrogens is 464 g/mol. The van der Waals surface area contributed by atoms with E-state index in [1.807, 2.05) is 4.90 Å². The van der Waals surface area contributed by atoms with Gasteiger partial charge >= 0.3 is 0 Å². The first-order chi connectivity index (χ1) is 17.4. The van der Waals surface area contributed by atoms with Gasteiger partial charge in [0.05, 0.1) is 31.2 Å². The van der Waals surface area contributed by atoms with Crippen molar-refractivity contribution in [2.45, 2.75) is 25.8 Å². The maximum absolute atomic E-state index is 14.5. The minimum atomic E-state index is -1.01. The second-order valence-electron chi connectivity index (χ2n) is 9.84. The van der Waals surface area contributed by atoms with Crippen molar-refractivity contribution in [1.29, 1.82) is 0 Å². The molecule has 3 aromatic rings. The number of H-pyrrole nitrogens is 1. The number of ether oxygens (including phenoxy) is 1. The quantitative estimate of drug-likeness (QED) is 0.603. The summed E-state index contributed by atoms with van der Waals surface area (Å²) in [5.74, 6) is -1.90. The number of nitrogens with one attached hydrogen (secondary N) is 1. The minimum absolute atomic E-state index is 0.0151. The first-order valence-electron chi connectivity index (χ1n) is 12.3. The lowest BCUT2D eigenvalue weighted by Crippen LogP contribution is -2.39. The molecule has 8 heteroatoms. The van der Waals surface area contributed by atoms with Gasteiger partial charge < -0.3 is 19.5 Å². The predicted octanol–water partition coefficient (Wildman–Crippen LogP) is 3.81. The number of aromatic amines is 1. The molecule has 0 unspecified atom stereocenters. The Morgan fingerprint density at radius 3 is 2.58 bits per heavy atom. The van der Waals surface area contributed by atoms with Crippen LogP contribution in [0.5, 0.6) is 0 Å². The fourth-order valence-corrected chi connectivity index (χ4v) is 5.91. The monoisotopic (exact) mass is 491 g/mol. The molecule has 1 N–H and O–H groups in total. The fourth-order valence-electron chi connectivity index (χ4n) is 5.91. The van der Waals surface area contributed by atoms with E-state index in [1.165, 1.54) is 6.07 Å². The molecule has 6 nitrogen and oxygen atoms in total. The standard InChI is InChI=1S/C28H27F2N3O3/c1-16-20(28(35)31-23-7-6-22(29)27(30)26(16)23)14-25(34)33-15-17-12-21(24(33)13-17)18-2-4-19(5-3-18)32-8-10-36-11-9-32/h2-7,12,17,24H,8-11,13-15H2,1H3,(H,31,35)/t17-,24-/m1/s1. The lowest BCUT2D eigenvalue weighted by molar-refractivity contribution is -0.130. The lowest BCUT2D eigenvalue weighted by atomic mass is 9.98. The summed E-state index contributed by atoms with van der Waals surface area (Å²) in [4.78, 5) is 32.9. The fraction of sp³-hybridized carbons (Fsp3) is 0.357. The molecule has 3 aliphatic rings. The number of rotatable bonds is 4. The first kappa shape index (κ1) is 22.9. The summed E-state index contributed by atoms with van der Waals surface area (Å²) in [5.41, 5.74) is 3.64. The number of fused-ring (bicyclic) bond motifs is 3. The smallest absolute Gasteiger partial charge is 0.252 e. The van der Waals surface area contributed by atoms with Gasteiger partial charge in [-0.05, 0) is 60.2 Å². The van der Waals surface area contributed by atoms with Gasteiger partial charge in [0.15, 0.2) is 11.6 Å². The van der Waals surface area contributed by atoms with E-state index in [4.69, 9.17) is 4.74 Å².